The molecule has 0 heterocycles. The minimum Gasteiger partial charge on any atom is -0.211 e. The lowest BCUT2D eigenvalue weighted by atomic mass is 9.80. The molecule has 0 saturated heterocycles. The van der Waals surface area contributed by atoms with Crippen molar-refractivity contribution in [3.05, 3.63) is 28.7 Å². The molecular formula is C14H19Br2NO2S. The highest BCUT2D eigenvalue weighted by molar-refractivity contribution is 9.10. The van der Waals surface area contributed by atoms with Gasteiger partial charge in [-0.3, -0.25) is 0 Å². The zero-order valence-electron chi connectivity index (χ0n) is 11.2. The van der Waals surface area contributed by atoms with Gasteiger partial charge in [0, 0.05) is 16.3 Å². The Morgan fingerprint density at radius 3 is 2.45 bits per heavy atom. The topological polar surface area (TPSA) is 46.2 Å². The normalized spacial score (nSPS) is 23.7. The SMILES string of the molecule is O=S(=O)(NCC1CCCCC1CBr)c1ccccc1Br. The van der Waals surface area contributed by atoms with E-state index in [1.54, 1.807) is 18.2 Å². The zero-order valence-corrected chi connectivity index (χ0v) is 15.2. The molecule has 0 bridgehead atoms. The van der Waals surface area contributed by atoms with Crippen LogP contribution in [0.25, 0.3) is 0 Å². The van der Waals surface area contributed by atoms with Gasteiger partial charge in [-0.05, 0) is 52.7 Å². The zero-order chi connectivity index (χ0) is 14.6. The number of hydrogen-bond acceptors (Lipinski definition) is 2. The van der Waals surface area contributed by atoms with Gasteiger partial charge >= 0.3 is 0 Å². The van der Waals surface area contributed by atoms with E-state index >= 15 is 0 Å². The van der Waals surface area contributed by atoms with Gasteiger partial charge < -0.3 is 0 Å². The van der Waals surface area contributed by atoms with E-state index in [0.717, 1.165) is 11.8 Å². The summed E-state index contributed by atoms with van der Waals surface area (Å²) in [6, 6.07) is 6.91. The van der Waals surface area contributed by atoms with Crippen LogP contribution in [0.3, 0.4) is 0 Å². The molecule has 1 aliphatic carbocycles. The fraction of sp³-hybridized carbons (Fsp3) is 0.571. The summed E-state index contributed by atoms with van der Waals surface area (Å²) in [5, 5.41) is 0.953. The molecule has 1 aliphatic rings. The number of sulfonamides is 1. The van der Waals surface area contributed by atoms with Crippen molar-refractivity contribution in [3.8, 4) is 0 Å². The maximum Gasteiger partial charge on any atom is 0.241 e. The van der Waals surface area contributed by atoms with Gasteiger partial charge in [0.2, 0.25) is 10.0 Å². The highest BCUT2D eigenvalue weighted by Gasteiger charge is 2.26. The fourth-order valence-electron chi connectivity index (χ4n) is 2.71. The van der Waals surface area contributed by atoms with Crippen LogP contribution in [0.1, 0.15) is 25.7 Å². The number of alkyl halides is 1. The highest BCUT2D eigenvalue weighted by atomic mass is 79.9. The van der Waals surface area contributed by atoms with Crippen molar-refractivity contribution in [1.82, 2.24) is 4.72 Å². The second-order valence-corrected chi connectivity index (χ2v) is 8.48. The van der Waals surface area contributed by atoms with Crippen LogP contribution in [-0.2, 0) is 10.0 Å². The number of rotatable bonds is 5. The molecule has 1 N–H and O–H groups in total. The first-order chi connectivity index (χ1) is 9.54. The minimum absolute atomic E-state index is 0.311. The molecule has 112 valence electrons. The number of nitrogens with one attached hydrogen (secondary N) is 1. The standard InChI is InChI=1S/C14H19Br2NO2S/c15-9-11-5-1-2-6-12(11)10-17-20(18,19)14-8-4-3-7-13(14)16/h3-4,7-8,11-12,17H,1-2,5-6,9-10H2. The predicted octanol–water partition coefficient (Wildman–Crippen LogP) is 3.93. The van der Waals surface area contributed by atoms with Crippen molar-refractivity contribution in [3.63, 3.8) is 0 Å². The Balaban J connectivity index is 2.04. The molecule has 2 rings (SSSR count). The molecule has 0 spiro atoms. The van der Waals surface area contributed by atoms with Gasteiger partial charge in [-0.15, -0.1) is 0 Å². The summed E-state index contributed by atoms with van der Waals surface area (Å²) >= 11 is 6.84. The first-order valence-electron chi connectivity index (χ1n) is 6.85. The highest BCUT2D eigenvalue weighted by Crippen LogP contribution is 2.31. The van der Waals surface area contributed by atoms with E-state index in [1.165, 1.54) is 19.3 Å². The summed E-state index contributed by atoms with van der Waals surface area (Å²) in [6.45, 7) is 0.528. The summed E-state index contributed by atoms with van der Waals surface area (Å²) in [6.07, 6.45) is 4.75. The summed E-state index contributed by atoms with van der Waals surface area (Å²) in [5.41, 5.74) is 0. The summed E-state index contributed by atoms with van der Waals surface area (Å²) in [7, 11) is -3.43. The van der Waals surface area contributed by atoms with E-state index < -0.39 is 10.0 Å². The Labute approximate surface area is 137 Å². The van der Waals surface area contributed by atoms with Crippen LogP contribution in [0.5, 0.6) is 0 Å². The van der Waals surface area contributed by atoms with Crippen LogP contribution in [0.15, 0.2) is 33.6 Å². The molecule has 0 radical (unpaired) electrons. The minimum atomic E-state index is -3.43. The van der Waals surface area contributed by atoms with Crippen molar-refractivity contribution in [2.24, 2.45) is 11.8 Å². The van der Waals surface area contributed by atoms with Crippen LogP contribution in [-0.4, -0.2) is 20.3 Å². The Bertz CT molecular complexity index is 548. The lowest BCUT2D eigenvalue weighted by Crippen LogP contribution is -2.35. The van der Waals surface area contributed by atoms with Crippen molar-refractivity contribution >= 4 is 41.9 Å². The number of hydrogen-bond donors (Lipinski definition) is 1. The molecule has 2 atom stereocenters. The van der Waals surface area contributed by atoms with E-state index in [2.05, 4.69) is 36.6 Å². The summed E-state index contributed by atoms with van der Waals surface area (Å²) in [5.74, 6) is 1.01. The van der Waals surface area contributed by atoms with Gasteiger partial charge in [0.25, 0.3) is 0 Å². The van der Waals surface area contributed by atoms with E-state index in [0.29, 0.717) is 27.7 Å². The molecule has 1 aromatic carbocycles. The quantitative estimate of drug-likeness (QED) is 0.727. The first kappa shape index (κ1) is 16.5. The maximum atomic E-state index is 12.3. The molecule has 0 aliphatic heterocycles. The van der Waals surface area contributed by atoms with Crippen LogP contribution >= 0.6 is 31.9 Å². The fourth-order valence-corrected chi connectivity index (χ4v) is 5.66. The third kappa shape index (κ3) is 4.06. The molecule has 2 unspecified atom stereocenters. The molecule has 20 heavy (non-hydrogen) atoms. The van der Waals surface area contributed by atoms with Gasteiger partial charge in [-0.1, -0.05) is 40.9 Å². The van der Waals surface area contributed by atoms with Gasteiger partial charge in [-0.25, -0.2) is 13.1 Å². The van der Waals surface area contributed by atoms with Crippen molar-refractivity contribution < 1.29 is 8.42 Å². The second kappa shape index (κ2) is 7.38. The van der Waals surface area contributed by atoms with Crippen molar-refractivity contribution in [1.29, 1.82) is 0 Å². The predicted molar refractivity (Wildman–Crippen MR) is 88.6 cm³/mol. The molecule has 1 saturated carbocycles. The van der Waals surface area contributed by atoms with Gasteiger partial charge in [0.05, 0.1) is 4.90 Å². The van der Waals surface area contributed by atoms with Crippen LogP contribution in [0, 0.1) is 11.8 Å². The molecule has 3 nitrogen and oxygen atoms in total. The third-order valence-corrected chi connectivity index (χ3v) is 7.19. The van der Waals surface area contributed by atoms with E-state index in [1.807, 2.05) is 6.07 Å². The van der Waals surface area contributed by atoms with Crippen LogP contribution in [0.4, 0.5) is 0 Å². The average molecular weight is 425 g/mol. The van der Waals surface area contributed by atoms with Crippen LogP contribution < -0.4 is 4.72 Å². The Morgan fingerprint density at radius 1 is 1.15 bits per heavy atom. The van der Waals surface area contributed by atoms with Crippen LogP contribution in [0.2, 0.25) is 0 Å². The molecule has 1 aromatic rings. The Morgan fingerprint density at radius 2 is 1.80 bits per heavy atom. The van der Waals surface area contributed by atoms with Crippen molar-refractivity contribution in [2.45, 2.75) is 30.6 Å². The lowest BCUT2D eigenvalue weighted by Gasteiger charge is -2.30. The second-order valence-electron chi connectivity index (χ2n) is 5.24. The Kier molecular flexibility index (Phi) is 6.08. The number of halogens is 2. The molecule has 1 fully saturated rings. The number of benzene rings is 1. The van der Waals surface area contributed by atoms with Gasteiger partial charge in [0.1, 0.15) is 0 Å². The average Bonchev–Trinajstić information content (AvgIpc) is 2.46. The monoisotopic (exact) mass is 423 g/mol. The molecule has 6 heteroatoms. The maximum absolute atomic E-state index is 12.3. The third-order valence-electron chi connectivity index (χ3n) is 3.93. The Hall–Kier alpha value is 0.0900. The van der Waals surface area contributed by atoms with Crippen molar-refractivity contribution in [2.75, 3.05) is 11.9 Å². The molecular weight excluding hydrogens is 406 g/mol. The smallest absolute Gasteiger partial charge is 0.211 e. The molecule has 0 aromatic heterocycles. The largest absolute Gasteiger partial charge is 0.241 e. The van der Waals surface area contributed by atoms with Gasteiger partial charge in [-0.2, -0.15) is 0 Å². The summed E-state index contributed by atoms with van der Waals surface area (Å²) < 4.78 is 28.1. The van der Waals surface area contributed by atoms with E-state index in [-0.39, 0.29) is 0 Å². The molecule has 0 amide bonds. The van der Waals surface area contributed by atoms with Gasteiger partial charge in [0.15, 0.2) is 0 Å². The van der Waals surface area contributed by atoms with E-state index in [4.69, 9.17) is 0 Å². The van der Waals surface area contributed by atoms with E-state index in [9.17, 15) is 8.42 Å². The summed E-state index contributed by atoms with van der Waals surface area (Å²) in [4.78, 5) is 0.311. The first-order valence-corrected chi connectivity index (χ1v) is 10.2. The lowest BCUT2D eigenvalue weighted by molar-refractivity contribution is 0.263.